The topological polar surface area (TPSA) is 52.1 Å². The lowest BCUT2D eigenvalue weighted by atomic mass is 10.1. The van der Waals surface area contributed by atoms with Gasteiger partial charge in [-0.1, -0.05) is 15.9 Å². The Labute approximate surface area is 138 Å². The van der Waals surface area contributed by atoms with Crippen LogP contribution in [-0.2, 0) is 16.2 Å². The van der Waals surface area contributed by atoms with Gasteiger partial charge in [0, 0.05) is 11.5 Å². The SMILES string of the molecule is CCOC(=O)c1ccc(-c2ncccc2C(F)(F)F)nc1CBr. The monoisotopic (exact) mass is 388 g/mol. The van der Waals surface area contributed by atoms with Crippen molar-refractivity contribution in [2.45, 2.75) is 18.4 Å². The Morgan fingerprint density at radius 2 is 2.04 bits per heavy atom. The second-order valence-corrected chi connectivity index (χ2v) is 5.00. The van der Waals surface area contributed by atoms with Gasteiger partial charge in [0.25, 0.3) is 0 Å². The lowest BCUT2D eigenvalue weighted by Gasteiger charge is -2.13. The van der Waals surface area contributed by atoms with Crippen molar-refractivity contribution >= 4 is 21.9 Å². The van der Waals surface area contributed by atoms with E-state index >= 15 is 0 Å². The van der Waals surface area contributed by atoms with Crippen LogP contribution in [0.15, 0.2) is 30.5 Å². The van der Waals surface area contributed by atoms with Crippen LogP contribution in [0.1, 0.15) is 28.5 Å². The molecule has 0 aliphatic carbocycles. The summed E-state index contributed by atoms with van der Waals surface area (Å²) in [5, 5.41) is 0.198. The van der Waals surface area contributed by atoms with Gasteiger partial charge >= 0.3 is 12.1 Å². The fraction of sp³-hybridized carbons (Fsp3) is 0.267. The molecule has 0 radical (unpaired) electrons. The molecule has 4 nitrogen and oxygen atoms in total. The highest BCUT2D eigenvalue weighted by Gasteiger charge is 2.34. The second kappa shape index (κ2) is 7.08. The molecule has 0 aliphatic heterocycles. The van der Waals surface area contributed by atoms with Crippen molar-refractivity contribution in [1.29, 1.82) is 0 Å². The van der Waals surface area contributed by atoms with E-state index in [0.717, 1.165) is 6.07 Å². The molecule has 23 heavy (non-hydrogen) atoms. The molecule has 0 aliphatic rings. The van der Waals surface area contributed by atoms with Crippen LogP contribution in [0.25, 0.3) is 11.4 Å². The molecule has 0 bridgehead atoms. The van der Waals surface area contributed by atoms with E-state index in [4.69, 9.17) is 4.74 Å². The first kappa shape index (κ1) is 17.4. The summed E-state index contributed by atoms with van der Waals surface area (Å²) in [6.45, 7) is 1.86. The maximum atomic E-state index is 13.1. The Morgan fingerprint density at radius 1 is 1.30 bits per heavy atom. The molecule has 2 heterocycles. The summed E-state index contributed by atoms with van der Waals surface area (Å²) in [4.78, 5) is 19.7. The Kier molecular flexibility index (Phi) is 5.35. The van der Waals surface area contributed by atoms with Crippen LogP contribution in [0, 0.1) is 0 Å². The molecule has 0 atom stereocenters. The fourth-order valence-corrected chi connectivity index (χ4v) is 2.40. The number of nitrogens with zero attached hydrogens (tertiary/aromatic N) is 2. The van der Waals surface area contributed by atoms with E-state index < -0.39 is 17.7 Å². The standard InChI is InChI=1S/C15H12BrF3N2O2/c1-2-23-14(22)9-5-6-11(21-12(9)8-16)13-10(15(17,18)19)4-3-7-20-13/h3-7H,2,8H2,1H3. The minimum atomic E-state index is -4.54. The minimum absolute atomic E-state index is 0.0421. The van der Waals surface area contributed by atoms with Gasteiger partial charge < -0.3 is 4.74 Å². The van der Waals surface area contributed by atoms with E-state index in [2.05, 4.69) is 25.9 Å². The highest BCUT2D eigenvalue weighted by molar-refractivity contribution is 9.08. The van der Waals surface area contributed by atoms with Gasteiger partial charge in [-0.15, -0.1) is 0 Å². The van der Waals surface area contributed by atoms with Crippen molar-refractivity contribution in [3.63, 3.8) is 0 Å². The molecule has 2 aromatic heterocycles. The first-order chi connectivity index (χ1) is 10.9. The van der Waals surface area contributed by atoms with Gasteiger partial charge in [0.15, 0.2) is 0 Å². The average molecular weight is 389 g/mol. The fourth-order valence-electron chi connectivity index (χ4n) is 1.97. The van der Waals surface area contributed by atoms with Crippen molar-refractivity contribution < 1.29 is 22.7 Å². The smallest absolute Gasteiger partial charge is 0.418 e. The highest BCUT2D eigenvalue weighted by Crippen LogP contribution is 2.35. The summed E-state index contributed by atoms with van der Waals surface area (Å²) in [5.41, 5.74) is -0.619. The van der Waals surface area contributed by atoms with Crippen LogP contribution in [0.4, 0.5) is 13.2 Å². The van der Waals surface area contributed by atoms with Crippen LogP contribution in [0.3, 0.4) is 0 Å². The minimum Gasteiger partial charge on any atom is -0.462 e. The normalized spacial score (nSPS) is 11.3. The molecule has 0 aromatic carbocycles. The number of hydrogen-bond acceptors (Lipinski definition) is 4. The lowest BCUT2D eigenvalue weighted by Crippen LogP contribution is -2.11. The van der Waals surface area contributed by atoms with Crippen LogP contribution < -0.4 is 0 Å². The molecular formula is C15H12BrF3N2O2. The van der Waals surface area contributed by atoms with Crippen molar-refractivity contribution in [2.75, 3.05) is 6.61 Å². The molecule has 2 aromatic rings. The Hall–Kier alpha value is -1.96. The number of carbonyl (C=O) groups excluding carboxylic acids is 1. The van der Waals surface area contributed by atoms with Gasteiger partial charge in [-0.2, -0.15) is 13.2 Å². The molecule has 8 heteroatoms. The Morgan fingerprint density at radius 3 is 2.65 bits per heavy atom. The van der Waals surface area contributed by atoms with Crippen LogP contribution in [-0.4, -0.2) is 22.5 Å². The van der Waals surface area contributed by atoms with Gasteiger partial charge in [0.2, 0.25) is 0 Å². The molecule has 0 N–H and O–H groups in total. The third-order valence-corrected chi connectivity index (χ3v) is 3.48. The van der Waals surface area contributed by atoms with Crippen LogP contribution >= 0.6 is 15.9 Å². The molecule has 0 saturated heterocycles. The van der Waals surface area contributed by atoms with E-state index in [1.165, 1.54) is 24.4 Å². The molecule has 0 spiro atoms. The summed E-state index contributed by atoms with van der Waals surface area (Å²) >= 11 is 3.18. The van der Waals surface area contributed by atoms with Crippen molar-refractivity contribution in [3.8, 4) is 11.4 Å². The zero-order valence-electron chi connectivity index (χ0n) is 12.0. The molecule has 122 valence electrons. The van der Waals surface area contributed by atoms with E-state index in [1.54, 1.807) is 6.92 Å². The maximum Gasteiger partial charge on any atom is 0.418 e. The molecule has 0 saturated carbocycles. The van der Waals surface area contributed by atoms with Crippen LogP contribution in [0.5, 0.6) is 0 Å². The number of alkyl halides is 4. The first-order valence-corrected chi connectivity index (χ1v) is 7.76. The number of pyridine rings is 2. The van der Waals surface area contributed by atoms with Gasteiger partial charge in [0.05, 0.1) is 29.1 Å². The Balaban J connectivity index is 2.53. The van der Waals surface area contributed by atoms with Gasteiger partial charge in [-0.3, -0.25) is 4.98 Å². The highest BCUT2D eigenvalue weighted by atomic mass is 79.9. The van der Waals surface area contributed by atoms with Crippen molar-refractivity contribution in [3.05, 3.63) is 47.3 Å². The average Bonchev–Trinajstić information content (AvgIpc) is 2.53. The Bertz CT molecular complexity index is 720. The number of carbonyl (C=O) groups is 1. The number of ether oxygens (including phenoxy) is 1. The summed E-state index contributed by atoms with van der Waals surface area (Å²) < 4.78 is 44.1. The van der Waals surface area contributed by atoms with Gasteiger partial charge in [-0.25, -0.2) is 9.78 Å². The number of hydrogen-bond donors (Lipinski definition) is 0. The predicted molar refractivity (Wildman–Crippen MR) is 81.1 cm³/mol. The van der Waals surface area contributed by atoms with Crippen molar-refractivity contribution in [2.24, 2.45) is 0 Å². The summed E-state index contributed by atoms with van der Waals surface area (Å²) in [6, 6.07) is 4.88. The number of aromatic nitrogens is 2. The third kappa shape index (κ3) is 3.87. The molecule has 2 rings (SSSR count). The summed E-state index contributed by atoms with van der Waals surface area (Å²) in [5.74, 6) is -0.571. The zero-order valence-corrected chi connectivity index (χ0v) is 13.6. The van der Waals surface area contributed by atoms with E-state index in [-0.39, 0.29) is 28.9 Å². The largest absolute Gasteiger partial charge is 0.462 e. The molecule has 0 amide bonds. The zero-order chi connectivity index (χ0) is 17.0. The van der Waals surface area contributed by atoms with Gasteiger partial charge in [0.1, 0.15) is 5.69 Å². The summed E-state index contributed by atoms with van der Waals surface area (Å²) in [7, 11) is 0. The van der Waals surface area contributed by atoms with Crippen LogP contribution in [0.2, 0.25) is 0 Å². The van der Waals surface area contributed by atoms with E-state index in [9.17, 15) is 18.0 Å². The number of rotatable bonds is 4. The van der Waals surface area contributed by atoms with Gasteiger partial charge in [-0.05, 0) is 31.2 Å². The number of esters is 1. The molecule has 0 unspecified atom stereocenters. The maximum absolute atomic E-state index is 13.1. The predicted octanol–water partition coefficient (Wildman–Crippen LogP) is 4.23. The van der Waals surface area contributed by atoms with E-state index in [0.29, 0.717) is 5.69 Å². The molecular weight excluding hydrogens is 377 g/mol. The first-order valence-electron chi connectivity index (χ1n) is 6.64. The summed E-state index contributed by atoms with van der Waals surface area (Å²) in [6.07, 6.45) is -3.28. The van der Waals surface area contributed by atoms with Crippen molar-refractivity contribution in [1.82, 2.24) is 9.97 Å². The second-order valence-electron chi connectivity index (χ2n) is 4.44. The molecule has 0 fully saturated rings. The number of halogens is 4. The third-order valence-electron chi connectivity index (χ3n) is 2.95. The lowest BCUT2D eigenvalue weighted by molar-refractivity contribution is -0.137. The quantitative estimate of drug-likeness (QED) is 0.580. The van der Waals surface area contributed by atoms with E-state index in [1.807, 2.05) is 0 Å².